The first kappa shape index (κ1) is 21.8. The van der Waals surface area contributed by atoms with Crippen LogP contribution in [0.5, 0.6) is 0 Å². The first-order chi connectivity index (χ1) is 15.8. The minimum absolute atomic E-state index is 0.270. The highest BCUT2D eigenvalue weighted by Gasteiger charge is 2.28. The molecule has 3 nitrogen and oxygen atoms in total. The van der Waals surface area contributed by atoms with Crippen LogP contribution in [0.15, 0.2) is 75.7 Å². The van der Waals surface area contributed by atoms with Gasteiger partial charge in [-0.15, -0.1) is 0 Å². The molecule has 1 aliphatic heterocycles. The average Bonchev–Trinajstić information content (AvgIpc) is 3.28. The smallest absolute Gasteiger partial charge is 0.226 e. The van der Waals surface area contributed by atoms with Crippen molar-refractivity contribution in [2.45, 2.75) is 0 Å². The van der Waals surface area contributed by atoms with E-state index in [-0.39, 0.29) is 5.69 Å². The standard InChI is InChI=1S/C24H11Br2F4N3/c25-14-8-4-12(5-9-14)20-16-2-1-3-17(16)21(13-6-10-15(26)11-7-13)33(32-20)22-18(27)23(29)31-24(30)19(22)28/h1-11H. The van der Waals surface area contributed by atoms with Gasteiger partial charge in [0.25, 0.3) is 11.9 Å². The normalized spacial score (nSPS) is 11.3. The van der Waals surface area contributed by atoms with Gasteiger partial charge in [0, 0.05) is 31.2 Å². The summed E-state index contributed by atoms with van der Waals surface area (Å²) in [5.74, 6) is -6.80. The summed E-state index contributed by atoms with van der Waals surface area (Å²) in [5.41, 5.74) is 2.18. The van der Waals surface area contributed by atoms with Crippen LogP contribution in [0.4, 0.5) is 17.6 Å². The van der Waals surface area contributed by atoms with E-state index in [2.05, 4.69) is 41.9 Å². The van der Waals surface area contributed by atoms with Crippen LogP contribution in [0.2, 0.25) is 0 Å². The molecule has 0 saturated heterocycles. The number of aromatic nitrogens is 3. The molecule has 164 valence electrons. The lowest BCUT2D eigenvalue weighted by Crippen LogP contribution is -2.15. The summed E-state index contributed by atoms with van der Waals surface area (Å²) < 4.78 is 60.4. The third-order valence-electron chi connectivity index (χ3n) is 5.16. The van der Waals surface area contributed by atoms with E-state index < -0.39 is 29.2 Å². The van der Waals surface area contributed by atoms with Gasteiger partial charge < -0.3 is 0 Å². The largest absolute Gasteiger partial charge is 0.254 e. The van der Waals surface area contributed by atoms with Crippen molar-refractivity contribution in [3.63, 3.8) is 0 Å². The van der Waals surface area contributed by atoms with Crippen molar-refractivity contribution in [1.29, 1.82) is 0 Å². The second-order valence-corrected chi connectivity index (χ2v) is 8.98. The number of benzene rings is 2. The third-order valence-corrected chi connectivity index (χ3v) is 6.22. The molecule has 9 heteroatoms. The SMILES string of the molecule is Fc1nc(F)c(F)c(-n2nc(-c3ccc(Br)cc3)c3cccc-3c2-c2ccc(Br)cc2)c1F. The van der Waals surface area contributed by atoms with E-state index >= 15 is 0 Å². The van der Waals surface area contributed by atoms with Crippen LogP contribution in [0, 0.1) is 23.5 Å². The summed E-state index contributed by atoms with van der Waals surface area (Å²) in [5, 5.41) is 4.49. The van der Waals surface area contributed by atoms with Gasteiger partial charge in [0.1, 0.15) is 5.69 Å². The molecule has 3 aromatic rings. The molecular formula is C24H11Br2F4N3. The van der Waals surface area contributed by atoms with Gasteiger partial charge in [-0.25, -0.2) is 4.68 Å². The minimum atomic E-state index is -1.76. The number of pyridine rings is 1. The minimum Gasteiger partial charge on any atom is -0.226 e. The van der Waals surface area contributed by atoms with Crippen molar-refractivity contribution in [3.8, 4) is 39.3 Å². The topological polar surface area (TPSA) is 30.7 Å². The van der Waals surface area contributed by atoms with Gasteiger partial charge in [0.2, 0.25) is 11.6 Å². The monoisotopic (exact) mass is 575 g/mol. The predicted molar refractivity (Wildman–Crippen MR) is 124 cm³/mol. The summed E-state index contributed by atoms with van der Waals surface area (Å²) >= 11 is 6.74. The van der Waals surface area contributed by atoms with Crippen molar-refractivity contribution < 1.29 is 17.6 Å². The van der Waals surface area contributed by atoms with E-state index in [0.29, 0.717) is 27.9 Å². The number of hydrogen-bond acceptors (Lipinski definition) is 2. The fourth-order valence-electron chi connectivity index (χ4n) is 3.68. The summed E-state index contributed by atoms with van der Waals surface area (Å²) in [4.78, 5) is 2.68. The van der Waals surface area contributed by atoms with Crippen LogP contribution in [-0.2, 0) is 0 Å². The summed E-state index contributed by atoms with van der Waals surface area (Å²) in [6.45, 7) is 0. The third kappa shape index (κ3) is 3.75. The van der Waals surface area contributed by atoms with Crippen molar-refractivity contribution in [2.24, 2.45) is 0 Å². The highest BCUT2D eigenvalue weighted by molar-refractivity contribution is 9.10. The molecule has 0 saturated carbocycles. The van der Waals surface area contributed by atoms with Gasteiger partial charge >= 0.3 is 0 Å². The molecule has 0 unspecified atom stereocenters. The zero-order valence-corrected chi connectivity index (χ0v) is 19.6. The van der Waals surface area contributed by atoms with Crippen LogP contribution in [0.1, 0.15) is 0 Å². The van der Waals surface area contributed by atoms with Crippen molar-refractivity contribution in [3.05, 3.63) is 99.2 Å². The van der Waals surface area contributed by atoms with Gasteiger partial charge in [0.05, 0.1) is 11.4 Å². The summed E-state index contributed by atoms with van der Waals surface area (Å²) in [7, 11) is 0. The molecule has 0 radical (unpaired) electrons. The molecule has 0 fully saturated rings. The van der Waals surface area contributed by atoms with Crippen LogP contribution in [0.25, 0.3) is 39.3 Å². The molecule has 2 aromatic carbocycles. The highest BCUT2D eigenvalue weighted by atomic mass is 79.9. The Morgan fingerprint density at radius 1 is 0.636 bits per heavy atom. The maximum atomic E-state index is 14.9. The Hall–Kier alpha value is -3.04. The second kappa shape index (κ2) is 8.39. The molecule has 2 aliphatic rings. The number of fused-ring (bicyclic) bond motifs is 1. The van der Waals surface area contributed by atoms with E-state index in [9.17, 15) is 17.6 Å². The molecule has 5 rings (SSSR count). The lowest BCUT2D eigenvalue weighted by molar-refractivity contribution is 0.400. The van der Waals surface area contributed by atoms with Gasteiger partial charge in [-0.1, -0.05) is 74.3 Å². The van der Waals surface area contributed by atoms with Gasteiger partial charge in [-0.3, -0.25) is 0 Å². The van der Waals surface area contributed by atoms with Crippen molar-refractivity contribution >= 4 is 31.9 Å². The van der Waals surface area contributed by atoms with Crippen LogP contribution < -0.4 is 0 Å². The van der Waals surface area contributed by atoms with E-state index in [1.807, 2.05) is 6.07 Å². The molecule has 1 aliphatic carbocycles. The Bertz CT molecular complexity index is 1440. The number of rotatable bonds is 3. The molecule has 0 atom stereocenters. The lowest BCUT2D eigenvalue weighted by atomic mass is 9.98. The number of hydrogen-bond donors (Lipinski definition) is 0. The van der Waals surface area contributed by atoms with Crippen molar-refractivity contribution in [1.82, 2.24) is 14.8 Å². The van der Waals surface area contributed by atoms with E-state index in [1.165, 1.54) is 0 Å². The quantitative estimate of drug-likeness (QED) is 0.162. The maximum absolute atomic E-state index is 14.9. The Balaban J connectivity index is 1.93. The molecule has 0 N–H and O–H groups in total. The summed E-state index contributed by atoms with van der Waals surface area (Å²) in [6.07, 6.45) is 0. The van der Waals surface area contributed by atoms with Crippen LogP contribution >= 0.6 is 31.9 Å². The maximum Gasteiger partial charge on any atom is 0.254 e. The molecular weight excluding hydrogens is 566 g/mol. The van der Waals surface area contributed by atoms with E-state index in [0.717, 1.165) is 13.6 Å². The van der Waals surface area contributed by atoms with E-state index in [4.69, 9.17) is 0 Å². The van der Waals surface area contributed by atoms with Gasteiger partial charge in [-0.05, 0) is 24.3 Å². The molecule has 0 spiro atoms. The lowest BCUT2D eigenvalue weighted by Gasteiger charge is -2.21. The predicted octanol–water partition coefficient (Wildman–Crippen LogP) is 7.79. The molecule has 0 amide bonds. The van der Waals surface area contributed by atoms with Gasteiger partial charge in [0.15, 0.2) is 0 Å². The van der Waals surface area contributed by atoms with E-state index in [1.54, 1.807) is 60.7 Å². The second-order valence-electron chi connectivity index (χ2n) is 7.15. The fourth-order valence-corrected chi connectivity index (χ4v) is 4.21. The van der Waals surface area contributed by atoms with Crippen molar-refractivity contribution in [2.75, 3.05) is 0 Å². The zero-order valence-electron chi connectivity index (χ0n) is 16.5. The number of nitrogens with zero attached hydrogens (tertiary/aromatic N) is 3. The highest BCUT2D eigenvalue weighted by Crippen LogP contribution is 2.42. The Labute approximate surface area is 202 Å². The Kier molecular flexibility index (Phi) is 5.54. The van der Waals surface area contributed by atoms with Crippen LogP contribution in [0.3, 0.4) is 0 Å². The molecule has 2 heterocycles. The number of halogens is 6. The average molecular weight is 577 g/mol. The molecule has 33 heavy (non-hydrogen) atoms. The van der Waals surface area contributed by atoms with Gasteiger partial charge in [-0.2, -0.15) is 27.6 Å². The molecule has 0 bridgehead atoms. The zero-order chi connectivity index (χ0) is 23.3. The first-order valence-electron chi connectivity index (χ1n) is 9.59. The summed E-state index contributed by atoms with van der Waals surface area (Å²) in [6, 6.07) is 19.4. The molecule has 1 aromatic heterocycles. The first-order valence-corrected chi connectivity index (χ1v) is 11.2. The Morgan fingerprint density at radius 2 is 1.15 bits per heavy atom. The van der Waals surface area contributed by atoms with Crippen LogP contribution in [-0.4, -0.2) is 14.8 Å². The Morgan fingerprint density at radius 3 is 1.73 bits per heavy atom. The fraction of sp³-hybridized carbons (Fsp3) is 0.